The minimum absolute atomic E-state index is 0.0741. The van der Waals surface area contributed by atoms with Gasteiger partial charge in [-0.3, -0.25) is 9.80 Å². The summed E-state index contributed by atoms with van der Waals surface area (Å²) in [6.45, 7) is 0.935. The molecule has 166 valence electrons. The maximum atomic E-state index is 13.2. The van der Waals surface area contributed by atoms with E-state index >= 15 is 0 Å². The van der Waals surface area contributed by atoms with E-state index in [0.29, 0.717) is 24.7 Å². The van der Waals surface area contributed by atoms with Crippen LogP contribution in [0.15, 0.2) is 23.3 Å². The molecule has 0 unspecified atom stereocenters. The predicted octanol–water partition coefficient (Wildman–Crippen LogP) is -1.25. The van der Waals surface area contributed by atoms with Gasteiger partial charge in [0.15, 0.2) is 0 Å². The largest absolute Gasteiger partial charge is 0.460 e. The first-order valence-corrected chi connectivity index (χ1v) is 8.77. The zero-order chi connectivity index (χ0) is 22.8. The first-order chi connectivity index (χ1) is 14.1. The van der Waals surface area contributed by atoms with E-state index < -0.39 is 11.9 Å². The average Bonchev–Trinajstić information content (AvgIpc) is 3.02. The number of hydrazone groups is 1. The number of aliphatic hydroxyl groups is 1. The molecule has 1 aliphatic heterocycles. The zero-order valence-electron chi connectivity index (χ0n) is 16.9. The summed E-state index contributed by atoms with van der Waals surface area (Å²) in [6, 6.07) is 4.38. The van der Waals surface area contributed by atoms with Crippen molar-refractivity contribution in [2.75, 3.05) is 51.0 Å². The summed E-state index contributed by atoms with van der Waals surface area (Å²) in [4.78, 5) is 13.5. The van der Waals surface area contributed by atoms with Crippen LogP contribution < -0.4 is 22.3 Å². The van der Waals surface area contributed by atoms with Crippen molar-refractivity contribution in [1.82, 2.24) is 9.91 Å². The van der Waals surface area contributed by atoms with Crippen molar-refractivity contribution >= 4 is 35.2 Å². The fourth-order valence-corrected chi connectivity index (χ4v) is 2.55. The maximum absolute atomic E-state index is 13.2. The van der Waals surface area contributed by atoms with Crippen LogP contribution in [0.2, 0.25) is 0 Å². The Balaban J connectivity index is 0.000000311. The maximum Gasteiger partial charge on any atom is 0.293 e. The summed E-state index contributed by atoms with van der Waals surface area (Å²) in [6.07, 6.45) is -0.641. The molecule has 1 aliphatic rings. The Bertz CT molecular complexity index is 772. The first-order valence-electron chi connectivity index (χ1n) is 8.77. The third-order valence-electron chi connectivity index (χ3n) is 4.13. The van der Waals surface area contributed by atoms with Gasteiger partial charge in [-0.15, -0.1) is 5.10 Å². The average molecular weight is 425 g/mol. The van der Waals surface area contributed by atoms with E-state index in [1.54, 1.807) is 30.0 Å². The van der Waals surface area contributed by atoms with Crippen LogP contribution in [-0.2, 0) is 9.53 Å². The van der Waals surface area contributed by atoms with Crippen molar-refractivity contribution < 1.29 is 19.0 Å². The summed E-state index contributed by atoms with van der Waals surface area (Å²) in [5.41, 5.74) is 6.58. The van der Waals surface area contributed by atoms with Crippen molar-refractivity contribution in [3.05, 3.63) is 24.0 Å². The Hall–Kier alpha value is -3.45. The molecule has 1 aromatic carbocycles. The number of halogens is 1. The van der Waals surface area contributed by atoms with Crippen LogP contribution in [0.4, 0.5) is 15.8 Å². The first kappa shape index (κ1) is 24.6. The smallest absolute Gasteiger partial charge is 0.293 e. The van der Waals surface area contributed by atoms with E-state index in [9.17, 15) is 9.18 Å². The van der Waals surface area contributed by atoms with Gasteiger partial charge in [0, 0.05) is 19.8 Å². The number of rotatable bonds is 6. The molecule has 1 aromatic rings. The predicted molar refractivity (Wildman–Crippen MR) is 113 cm³/mol. The van der Waals surface area contributed by atoms with Crippen molar-refractivity contribution in [3.63, 3.8) is 0 Å². The molecule has 0 bridgehead atoms. The van der Waals surface area contributed by atoms with Crippen LogP contribution in [0.1, 0.15) is 0 Å². The van der Waals surface area contributed by atoms with Crippen molar-refractivity contribution in [3.8, 4) is 0 Å². The molecular formula is C17H28FN9O3. The molecule has 0 aliphatic carbocycles. The van der Waals surface area contributed by atoms with Gasteiger partial charge >= 0.3 is 0 Å². The number of hydrogen-bond acceptors (Lipinski definition) is 10. The molecule has 13 heteroatoms. The zero-order valence-corrected chi connectivity index (χ0v) is 16.9. The SMILES string of the molecule is CN(C[C@H](CO)OC=O)c1ccc(N)c(F)c1.CN(N)/C(=N\N)N1CC(=N)C(=N)C1. The molecule has 2 rings (SSSR count). The molecule has 1 fully saturated rings. The number of nitrogens with zero attached hydrogens (tertiary/aromatic N) is 4. The van der Waals surface area contributed by atoms with Crippen LogP contribution in [0.5, 0.6) is 0 Å². The molecule has 30 heavy (non-hydrogen) atoms. The molecular weight excluding hydrogens is 397 g/mol. The highest BCUT2D eigenvalue weighted by Crippen LogP contribution is 2.19. The standard InChI is InChI=1S/C11H15FN2O3.C6H13N7/c1-14(5-9(6-15)17-7-16)8-2-3-11(13)10(12)4-8;1-12(10)6(11-9)13-2-4(7)5(8)3-13/h2-4,7,9,15H,5-6,13H2,1H3;7-8H,2-3,9-10H2,1H3/b;7-4?,8-5?,11-6+/t9-;/m1./s1. The minimum atomic E-state index is -0.641. The third-order valence-corrected chi connectivity index (χ3v) is 4.13. The number of hydrazine groups is 1. The lowest BCUT2D eigenvalue weighted by Gasteiger charge is -2.23. The van der Waals surface area contributed by atoms with E-state index in [2.05, 4.69) is 9.84 Å². The highest BCUT2D eigenvalue weighted by atomic mass is 19.1. The van der Waals surface area contributed by atoms with Gasteiger partial charge in [0.05, 0.1) is 43.4 Å². The number of carbonyl (C=O) groups excluding carboxylic acids is 1. The number of nitrogens with two attached hydrogens (primary N) is 3. The van der Waals surface area contributed by atoms with Gasteiger partial charge in [0.25, 0.3) is 6.47 Å². The van der Waals surface area contributed by atoms with Gasteiger partial charge in [0.1, 0.15) is 11.9 Å². The van der Waals surface area contributed by atoms with E-state index in [1.807, 2.05) is 0 Å². The molecule has 12 nitrogen and oxygen atoms in total. The summed E-state index contributed by atoms with van der Waals surface area (Å²) in [5, 5.41) is 28.5. The molecule has 0 amide bonds. The van der Waals surface area contributed by atoms with Gasteiger partial charge in [-0.1, -0.05) is 0 Å². The summed E-state index contributed by atoms with van der Waals surface area (Å²) >= 11 is 0. The number of ether oxygens (including phenoxy) is 1. The topological polar surface area (TPSA) is 194 Å². The molecule has 0 spiro atoms. The number of nitrogens with one attached hydrogen (secondary N) is 2. The van der Waals surface area contributed by atoms with Crippen molar-refractivity contribution in [2.24, 2.45) is 16.8 Å². The lowest BCUT2D eigenvalue weighted by Crippen LogP contribution is -2.45. The third kappa shape index (κ3) is 6.86. The molecule has 1 heterocycles. The van der Waals surface area contributed by atoms with Crippen LogP contribution >= 0.6 is 0 Å². The Morgan fingerprint density at radius 1 is 1.40 bits per heavy atom. The number of aliphatic hydroxyl groups excluding tert-OH is 1. The van der Waals surface area contributed by atoms with E-state index in [1.165, 1.54) is 17.1 Å². The van der Waals surface area contributed by atoms with Crippen LogP contribution in [0.3, 0.4) is 0 Å². The lowest BCUT2D eigenvalue weighted by molar-refractivity contribution is -0.134. The quantitative estimate of drug-likeness (QED) is 0.0806. The Labute approximate surface area is 173 Å². The number of benzene rings is 1. The summed E-state index contributed by atoms with van der Waals surface area (Å²) in [7, 11) is 3.30. The van der Waals surface area contributed by atoms with Crippen molar-refractivity contribution in [1.29, 1.82) is 10.8 Å². The minimum Gasteiger partial charge on any atom is -0.460 e. The van der Waals surface area contributed by atoms with Crippen LogP contribution in [0.25, 0.3) is 0 Å². The number of likely N-dealkylation sites (N-methyl/N-ethyl adjacent to an activating group) is 1. The second-order valence-electron chi connectivity index (χ2n) is 6.48. The Morgan fingerprint density at radius 2 is 2.00 bits per heavy atom. The fourth-order valence-electron chi connectivity index (χ4n) is 2.55. The molecule has 0 aromatic heterocycles. The van der Waals surface area contributed by atoms with Gasteiger partial charge in [0.2, 0.25) is 5.96 Å². The molecule has 0 saturated carbocycles. The van der Waals surface area contributed by atoms with Gasteiger partial charge in [-0.25, -0.2) is 10.2 Å². The number of guanidine groups is 1. The lowest BCUT2D eigenvalue weighted by atomic mass is 10.2. The van der Waals surface area contributed by atoms with Gasteiger partial charge in [-0.2, -0.15) is 0 Å². The molecule has 0 radical (unpaired) electrons. The Morgan fingerprint density at radius 3 is 2.43 bits per heavy atom. The monoisotopic (exact) mass is 425 g/mol. The Kier molecular flexibility index (Phi) is 9.45. The van der Waals surface area contributed by atoms with Crippen LogP contribution in [0, 0.1) is 16.6 Å². The second-order valence-corrected chi connectivity index (χ2v) is 6.48. The number of anilines is 2. The highest BCUT2D eigenvalue weighted by molar-refractivity contribution is 6.44. The normalized spacial score (nSPS) is 14.7. The van der Waals surface area contributed by atoms with Gasteiger partial charge in [-0.05, 0) is 18.2 Å². The summed E-state index contributed by atoms with van der Waals surface area (Å²) < 4.78 is 17.9. The number of carbonyl (C=O) groups is 1. The highest BCUT2D eigenvalue weighted by Gasteiger charge is 2.26. The van der Waals surface area contributed by atoms with Crippen LogP contribution in [-0.4, -0.2) is 85.3 Å². The molecule has 1 saturated heterocycles. The van der Waals surface area contributed by atoms with Gasteiger partial charge < -0.3 is 42.0 Å². The van der Waals surface area contributed by atoms with E-state index in [-0.39, 0.29) is 36.7 Å². The number of likely N-dealkylation sites (tertiary alicyclic amines) is 1. The van der Waals surface area contributed by atoms with Crippen molar-refractivity contribution in [2.45, 2.75) is 6.10 Å². The summed E-state index contributed by atoms with van der Waals surface area (Å²) in [5.74, 6) is 10.5. The fraction of sp³-hybridized carbons (Fsp3) is 0.412. The number of hydrogen-bond donors (Lipinski definition) is 6. The van der Waals surface area contributed by atoms with E-state index in [0.717, 1.165) is 0 Å². The number of nitrogen functional groups attached to an aromatic ring is 1. The second kappa shape index (κ2) is 11.5. The molecule has 1 atom stereocenters. The van der Waals surface area contributed by atoms with E-state index in [4.69, 9.17) is 33.3 Å². The molecule has 9 N–H and O–H groups in total.